The smallest absolute Gasteiger partial charge is 0.285 e. The topological polar surface area (TPSA) is 90.6 Å². The van der Waals surface area contributed by atoms with Crippen molar-refractivity contribution in [3.05, 3.63) is 73.9 Å². The minimum atomic E-state index is -2.59. The number of anilines is 1. The van der Waals surface area contributed by atoms with E-state index in [4.69, 9.17) is 11.6 Å². The Morgan fingerprint density at radius 2 is 1.94 bits per heavy atom. The van der Waals surface area contributed by atoms with Crippen LogP contribution in [0.25, 0.3) is 0 Å². The predicted molar refractivity (Wildman–Crippen MR) is 125 cm³/mol. The number of halogens is 3. The van der Waals surface area contributed by atoms with E-state index in [1.54, 1.807) is 22.9 Å². The lowest BCUT2D eigenvalue weighted by Crippen LogP contribution is -2.32. The Kier molecular flexibility index (Phi) is 9.55. The average Bonchev–Trinajstić information content (AvgIpc) is 3.20. The molecule has 33 heavy (non-hydrogen) atoms. The fraction of sp³-hybridized carbons (Fsp3) is 0.391. The van der Waals surface area contributed by atoms with Gasteiger partial charge in [0.1, 0.15) is 11.1 Å². The second-order valence-corrected chi connectivity index (χ2v) is 6.99. The quantitative estimate of drug-likeness (QED) is 0.566. The molecular weight excluding hydrogens is 450 g/mol. The van der Waals surface area contributed by atoms with Crippen LogP contribution in [0.3, 0.4) is 0 Å². The van der Waals surface area contributed by atoms with Crippen LogP contribution in [0.5, 0.6) is 0 Å². The summed E-state index contributed by atoms with van der Waals surface area (Å²) in [5.74, 6) is 0. The van der Waals surface area contributed by atoms with Crippen LogP contribution in [0.1, 0.15) is 62.2 Å². The summed E-state index contributed by atoms with van der Waals surface area (Å²) in [5.41, 5.74) is 2.14. The van der Waals surface area contributed by atoms with Gasteiger partial charge in [0.05, 0.1) is 18.4 Å². The second kappa shape index (κ2) is 12.1. The molecule has 176 valence electrons. The van der Waals surface area contributed by atoms with Gasteiger partial charge in [-0.3, -0.25) is 9.48 Å². The molecule has 3 aromatic rings. The third-order valence-electron chi connectivity index (χ3n) is 4.97. The number of H-pyrrole nitrogens is 1. The molecule has 7 nitrogen and oxygen atoms in total. The first-order valence-electron chi connectivity index (χ1n) is 10.8. The van der Waals surface area contributed by atoms with Crippen LogP contribution in [0, 0.1) is 11.3 Å². The predicted octanol–water partition coefficient (Wildman–Crippen LogP) is 5.09. The maximum Gasteiger partial charge on any atom is 0.285 e. The fourth-order valence-electron chi connectivity index (χ4n) is 3.56. The van der Waals surface area contributed by atoms with Crippen molar-refractivity contribution in [2.75, 3.05) is 11.4 Å². The van der Waals surface area contributed by atoms with Crippen LogP contribution in [0.15, 0.2) is 35.3 Å². The molecule has 0 bridgehead atoms. The van der Waals surface area contributed by atoms with E-state index >= 15 is 0 Å². The zero-order chi connectivity index (χ0) is 24.5. The highest BCUT2D eigenvalue weighted by Crippen LogP contribution is 2.30. The Labute approximate surface area is 196 Å². The summed E-state index contributed by atoms with van der Waals surface area (Å²) in [7, 11) is 0. The van der Waals surface area contributed by atoms with E-state index in [-0.39, 0.29) is 22.8 Å². The summed E-state index contributed by atoms with van der Waals surface area (Å²) in [6.45, 7) is 8.99. The highest BCUT2D eigenvalue weighted by molar-refractivity contribution is 6.33. The van der Waals surface area contributed by atoms with Crippen LogP contribution in [-0.4, -0.2) is 26.5 Å². The molecule has 1 aliphatic rings. The molecule has 3 heterocycles. The van der Waals surface area contributed by atoms with Crippen LogP contribution in [-0.2, 0) is 19.5 Å². The molecule has 0 aliphatic carbocycles. The molecule has 1 aliphatic heterocycles. The van der Waals surface area contributed by atoms with Gasteiger partial charge in [0.25, 0.3) is 12.0 Å². The number of fused-ring (bicyclic) bond motifs is 1. The molecule has 0 radical (unpaired) electrons. The van der Waals surface area contributed by atoms with Crippen molar-refractivity contribution in [1.29, 1.82) is 5.26 Å². The fourth-order valence-corrected chi connectivity index (χ4v) is 3.77. The van der Waals surface area contributed by atoms with Gasteiger partial charge in [0.15, 0.2) is 5.69 Å². The highest BCUT2D eigenvalue weighted by Gasteiger charge is 2.27. The molecule has 0 saturated heterocycles. The lowest BCUT2D eigenvalue weighted by Gasteiger charge is -2.29. The molecular formula is C23H27ClF2N6O. The number of hydrogen-bond donors (Lipinski definition) is 1. The number of nitriles is 1. The highest BCUT2D eigenvalue weighted by atomic mass is 35.5. The van der Waals surface area contributed by atoms with E-state index in [0.717, 1.165) is 5.69 Å². The summed E-state index contributed by atoms with van der Waals surface area (Å²) in [5, 5.41) is 19.9. The summed E-state index contributed by atoms with van der Waals surface area (Å²) in [6, 6.07) is 8.38. The van der Waals surface area contributed by atoms with Crippen molar-refractivity contribution in [2.45, 2.75) is 53.6 Å². The maximum atomic E-state index is 13.3. The average molecular weight is 477 g/mol. The molecule has 2 aromatic heterocycles. The van der Waals surface area contributed by atoms with E-state index < -0.39 is 12.0 Å². The van der Waals surface area contributed by atoms with E-state index in [1.807, 2.05) is 32.6 Å². The first-order valence-corrected chi connectivity index (χ1v) is 11.2. The minimum Gasteiger partial charge on any atom is -0.364 e. The summed E-state index contributed by atoms with van der Waals surface area (Å²) < 4.78 is 28.2. The molecule has 0 unspecified atom stereocenters. The van der Waals surface area contributed by atoms with Crippen molar-refractivity contribution in [1.82, 2.24) is 20.0 Å². The Bertz CT molecular complexity index is 1170. The lowest BCUT2D eigenvalue weighted by molar-refractivity contribution is 0.150. The number of aromatic amines is 1. The van der Waals surface area contributed by atoms with E-state index in [0.29, 0.717) is 36.3 Å². The van der Waals surface area contributed by atoms with Gasteiger partial charge in [0, 0.05) is 36.3 Å². The maximum absolute atomic E-state index is 13.3. The van der Waals surface area contributed by atoms with E-state index in [2.05, 4.69) is 21.4 Å². The van der Waals surface area contributed by atoms with Crippen LogP contribution in [0.2, 0.25) is 5.02 Å². The molecule has 4 rings (SSSR count). The van der Waals surface area contributed by atoms with Crippen LogP contribution in [0.4, 0.5) is 14.5 Å². The lowest BCUT2D eigenvalue weighted by atomic mass is 10.0. The first kappa shape index (κ1) is 26.0. The van der Waals surface area contributed by atoms with E-state index in [9.17, 15) is 18.8 Å². The van der Waals surface area contributed by atoms with Gasteiger partial charge >= 0.3 is 0 Å². The molecule has 0 fully saturated rings. The molecule has 0 atom stereocenters. The number of rotatable bonds is 4. The molecule has 0 amide bonds. The summed E-state index contributed by atoms with van der Waals surface area (Å²) in [4.78, 5) is 13.6. The van der Waals surface area contributed by atoms with E-state index in [1.165, 1.54) is 12.3 Å². The number of aromatic nitrogens is 4. The van der Waals surface area contributed by atoms with Crippen molar-refractivity contribution in [3.8, 4) is 6.07 Å². The summed E-state index contributed by atoms with van der Waals surface area (Å²) >= 11 is 6.10. The number of nitrogens with zero attached hydrogens (tertiary/aromatic N) is 5. The molecule has 10 heteroatoms. The Morgan fingerprint density at radius 3 is 2.61 bits per heavy atom. The summed E-state index contributed by atoms with van der Waals surface area (Å²) in [6.07, 6.45) is -0.608. The first-order chi connectivity index (χ1) is 16.0. The second-order valence-electron chi connectivity index (χ2n) is 6.61. The van der Waals surface area contributed by atoms with Crippen molar-refractivity contribution in [3.63, 3.8) is 0 Å². The SMILES string of the molecule is CC.CC.N#Cc1nn(Cc2ccccc2C(F)F)c2c1CN(c1cn[nH]c(=O)c1Cl)CC2. The molecule has 0 saturated carbocycles. The number of alkyl halides is 2. The van der Waals surface area contributed by atoms with Gasteiger partial charge in [-0.05, 0) is 5.56 Å². The largest absolute Gasteiger partial charge is 0.364 e. The normalized spacial score (nSPS) is 12.2. The number of nitrogens with one attached hydrogen (secondary N) is 1. The van der Waals surface area contributed by atoms with Gasteiger partial charge in [-0.1, -0.05) is 63.6 Å². The minimum absolute atomic E-state index is 0.0280. The Balaban J connectivity index is 0.000000914. The zero-order valence-corrected chi connectivity index (χ0v) is 19.8. The molecule has 0 spiro atoms. The monoisotopic (exact) mass is 476 g/mol. The standard InChI is InChI=1S/C19H15ClF2N6O.2C2H6/c20-17-16(8-24-25-19(17)29)27-6-5-15-13(10-27)14(7-23)26-28(15)9-11-3-1-2-4-12(11)18(21)22;2*1-2/h1-4,8,18H,5-6,9-10H2,(H,25,29);2*1-2H3. The Hall–Kier alpha value is -3.25. The van der Waals surface area contributed by atoms with Gasteiger partial charge < -0.3 is 4.90 Å². The number of benzene rings is 1. The molecule has 1 aromatic carbocycles. The number of hydrogen-bond acceptors (Lipinski definition) is 5. The third-order valence-corrected chi connectivity index (χ3v) is 5.33. The van der Waals surface area contributed by atoms with Gasteiger partial charge in [0.2, 0.25) is 0 Å². The van der Waals surface area contributed by atoms with Gasteiger partial charge in [-0.15, -0.1) is 0 Å². The van der Waals surface area contributed by atoms with Crippen LogP contribution < -0.4 is 10.5 Å². The molecule has 1 N–H and O–H groups in total. The van der Waals surface area contributed by atoms with Crippen molar-refractivity contribution >= 4 is 17.3 Å². The van der Waals surface area contributed by atoms with Gasteiger partial charge in [-0.25, -0.2) is 13.9 Å². The third kappa shape index (κ3) is 5.57. The van der Waals surface area contributed by atoms with Crippen molar-refractivity contribution < 1.29 is 8.78 Å². The van der Waals surface area contributed by atoms with Crippen molar-refractivity contribution in [2.24, 2.45) is 0 Å². The zero-order valence-electron chi connectivity index (χ0n) is 19.1. The van der Waals surface area contributed by atoms with Gasteiger partial charge in [-0.2, -0.15) is 15.5 Å². The van der Waals surface area contributed by atoms with Crippen LogP contribution >= 0.6 is 11.6 Å². The Morgan fingerprint density at radius 1 is 1.24 bits per heavy atom.